The fraction of sp³-hybridized carbons (Fsp3) is 0.368. The normalized spacial score (nSPS) is 12.1. The largest absolute Gasteiger partial charge is 0.454 e. The van der Waals surface area contributed by atoms with Crippen molar-refractivity contribution in [3.63, 3.8) is 0 Å². The first kappa shape index (κ1) is 17.1. The summed E-state index contributed by atoms with van der Waals surface area (Å²) in [5, 5.41) is 2.86. The van der Waals surface area contributed by atoms with Crippen LogP contribution in [0.2, 0.25) is 0 Å². The number of anilines is 2. The summed E-state index contributed by atoms with van der Waals surface area (Å²) in [6, 6.07) is 9.04. The van der Waals surface area contributed by atoms with E-state index < -0.39 is 0 Å². The first-order valence-corrected chi connectivity index (χ1v) is 8.63. The molecule has 1 aromatic carbocycles. The van der Waals surface area contributed by atoms with Crippen LogP contribution in [-0.4, -0.2) is 30.8 Å². The van der Waals surface area contributed by atoms with E-state index in [1.807, 2.05) is 12.1 Å². The topological polar surface area (TPSA) is 63.7 Å². The van der Waals surface area contributed by atoms with Gasteiger partial charge in [0.25, 0.3) is 5.91 Å². The number of nitrogens with one attached hydrogen (secondary N) is 1. The first-order valence-electron chi connectivity index (χ1n) is 8.63. The minimum atomic E-state index is -0.199. The summed E-state index contributed by atoms with van der Waals surface area (Å²) in [6.45, 7) is 6.43. The van der Waals surface area contributed by atoms with E-state index in [1.54, 1.807) is 24.4 Å². The van der Waals surface area contributed by atoms with E-state index in [0.717, 1.165) is 31.7 Å². The highest BCUT2D eigenvalue weighted by atomic mass is 16.7. The van der Waals surface area contributed by atoms with Gasteiger partial charge in [-0.2, -0.15) is 0 Å². The van der Waals surface area contributed by atoms with Gasteiger partial charge in [-0.25, -0.2) is 4.98 Å². The molecule has 0 radical (unpaired) electrons. The molecule has 132 valence electrons. The average Bonchev–Trinajstić information content (AvgIpc) is 3.09. The summed E-state index contributed by atoms with van der Waals surface area (Å²) >= 11 is 0. The number of rotatable bonds is 7. The van der Waals surface area contributed by atoms with E-state index in [9.17, 15) is 4.79 Å². The summed E-state index contributed by atoms with van der Waals surface area (Å²) in [6.07, 6.45) is 3.75. The highest BCUT2D eigenvalue weighted by Crippen LogP contribution is 2.34. The lowest BCUT2D eigenvalue weighted by Crippen LogP contribution is -2.26. The Bertz CT molecular complexity index is 725. The van der Waals surface area contributed by atoms with Gasteiger partial charge in [-0.15, -0.1) is 0 Å². The number of carbonyl (C=O) groups excluding carboxylic acids is 1. The minimum absolute atomic E-state index is 0.199. The van der Waals surface area contributed by atoms with Crippen molar-refractivity contribution in [3.8, 4) is 11.5 Å². The molecule has 6 heteroatoms. The maximum absolute atomic E-state index is 12.4. The monoisotopic (exact) mass is 341 g/mol. The first-order chi connectivity index (χ1) is 12.2. The zero-order chi connectivity index (χ0) is 17.6. The van der Waals surface area contributed by atoms with Crippen LogP contribution in [0.4, 0.5) is 11.5 Å². The fourth-order valence-electron chi connectivity index (χ4n) is 2.77. The summed E-state index contributed by atoms with van der Waals surface area (Å²) in [5.41, 5.74) is 1.19. The number of hydrogen-bond donors (Lipinski definition) is 1. The number of pyridine rings is 1. The molecule has 0 saturated carbocycles. The Morgan fingerprint density at radius 1 is 1.12 bits per heavy atom. The van der Waals surface area contributed by atoms with Gasteiger partial charge in [0.15, 0.2) is 11.5 Å². The molecule has 1 aromatic heterocycles. The van der Waals surface area contributed by atoms with Crippen LogP contribution in [0, 0.1) is 0 Å². The molecule has 0 saturated heterocycles. The van der Waals surface area contributed by atoms with Crippen LogP contribution in [0.3, 0.4) is 0 Å². The Kier molecular flexibility index (Phi) is 5.38. The molecule has 0 bridgehead atoms. The van der Waals surface area contributed by atoms with Crippen molar-refractivity contribution in [2.24, 2.45) is 0 Å². The Balaban J connectivity index is 1.68. The highest BCUT2D eigenvalue weighted by molar-refractivity contribution is 6.04. The van der Waals surface area contributed by atoms with Crippen molar-refractivity contribution in [1.82, 2.24) is 4.98 Å². The Hall–Kier alpha value is -2.76. The molecule has 3 rings (SSSR count). The van der Waals surface area contributed by atoms with Gasteiger partial charge in [-0.1, -0.05) is 13.8 Å². The Labute approximate surface area is 147 Å². The van der Waals surface area contributed by atoms with Gasteiger partial charge in [0.1, 0.15) is 5.82 Å². The SMILES string of the molecule is CCCN(CCC)c1ccc(C(=O)Nc2ccc3c(c2)OCO3)cn1. The van der Waals surface area contributed by atoms with Gasteiger partial charge in [0, 0.05) is 31.0 Å². The van der Waals surface area contributed by atoms with Crippen LogP contribution in [0.15, 0.2) is 36.5 Å². The van der Waals surface area contributed by atoms with Crippen LogP contribution in [-0.2, 0) is 0 Å². The smallest absolute Gasteiger partial charge is 0.257 e. The van der Waals surface area contributed by atoms with Crippen molar-refractivity contribution >= 4 is 17.4 Å². The van der Waals surface area contributed by atoms with Gasteiger partial charge in [-0.05, 0) is 37.1 Å². The third-order valence-corrected chi connectivity index (χ3v) is 3.95. The lowest BCUT2D eigenvalue weighted by atomic mass is 10.2. The lowest BCUT2D eigenvalue weighted by molar-refractivity contribution is 0.102. The minimum Gasteiger partial charge on any atom is -0.454 e. The molecular formula is C19H23N3O3. The maximum atomic E-state index is 12.4. The number of benzene rings is 1. The van der Waals surface area contributed by atoms with Crippen LogP contribution in [0.5, 0.6) is 11.5 Å². The van der Waals surface area contributed by atoms with E-state index >= 15 is 0 Å². The van der Waals surface area contributed by atoms with E-state index in [1.165, 1.54) is 0 Å². The number of fused-ring (bicyclic) bond motifs is 1. The average molecular weight is 341 g/mol. The molecule has 1 aliphatic rings. The van der Waals surface area contributed by atoms with Crippen molar-refractivity contribution in [2.75, 3.05) is 30.1 Å². The molecule has 0 unspecified atom stereocenters. The third kappa shape index (κ3) is 4.02. The van der Waals surface area contributed by atoms with Crippen LogP contribution in [0.25, 0.3) is 0 Å². The van der Waals surface area contributed by atoms with E-state index in [4.69, 9.17) is 9.47 Å². The second-order valence-electron chi connectivity index (χ2n) is 5.91. The summed E-state index contributed by atoms with van der Waals surface area (Å²) in [5.74, 6) is 2.04. The van der Waals surface area contributed by atoms with Crippen molar-refractivity contribution in [3.05, 3.63) is 42.1 Å². The molecule has 6 nitrogen and oxygen atoms in total. The zero-order valence-electron chi connectivity index (χ0n) is 14.6. The number of carbonyl (C=O) groups is 1. The second-order valence-corrected chi connectivity index (χ2v) is 5.91. The molecule has 0 fully saturated rings. The quantitative estimate of drug-likeness (QED) is 0.832. The molecule has 25 heavy (non-hydrogen) atoms. The number of nitrogens with zero attached hydrogens (tertiary/aromatic N) is 2. The summed E-state index contributed by atoms with van der Waals surface area (Å²) in [7, 11) is 0. The molecule has 2 aromatic rings. The van der Waals surface area contributed by atoms with Gasteiger partial charge >= 0.3 is 0 Å². The zero-order valence-corrected chi connectivity index (χ0v) is 14.6. The molecular weight excluding hydrogens is 318 g/mol. The molecule has 1 N–H and O–H groups in total. The fourth-order valence-corrected chi connectivity index (χ4v) is 2.77. The van der Waals surface area contributed by atoms with Crippen molar-refractivity contribution in [1.29, 1.82) is 0 Å². The van der Waals surface area contributed by atoms with E-state index in [-0.39, 0.29) is 12.7 Å². The number of aromatic nitrogens is 1. The Morgan fingerprint density at radius 3 is 2.56 bits per heavy atom. The van der Waals surface area contributed by atoms with Gasteiger partial charge in [0.05, 0.1) is 5.56 Å². The second kappa shape index (κ2) is 7.88. The predicted octanol–water partition coefficient (Wildman–Crippen LogP) is 3.69. The predicted molar refractivity (Wildman–Crippen MR) is 97.6 cm³/mol. The number of hydrogen-bond acceptors (Lipinski definition) is 5. The van der Waals surface area contributed by atoms with Gasteiger partial charge < -0.3 is 19.7 Å². The molecule has 2 heterocycles. The Morgan fingerprint density at radius 2 is 1.88 bits per heavy atom. The van der Waals surface area contributed by atoms with Crippen LogP contribution in [0.1, 0.15) is 37.0 Å². The van der Waals surface area contributed by atoms with Crippen LogP contribution >= 0.6 is 0 Å². The molecule has 0 aliphatic carbocycles. The maximum Gasteiger partial charge on any atom is 0.257 e. The summed E-state index contributed by atoms with van der Waals surface area (Å²) < 4.78 is 10.6. The van der Waals surface area contributed by atoms with Crippen molar-refractivity contribution in [2.45, 2.75) is 26.7 Å². The molecule has 1 amide bonds. The lowest BCUT2D eigenvalue weighted by Gasteiger charge is -2.22. The van der Waals surface area contributed by atoms with Crippen LogP contribution < -0.4 is 19.7 Å². The highest BCUT2D eigenvalue weighted by Gasteiger charge is 2.15. The van der Waals surface area contributed by atoms with Crippen molar-refractivity contribution < 1.29 is 14.3 Å². The molecule has 0 spiro atoms. The van der Waals surface area contributed by atoms with E-state index in [2.05, 4.69) is 29.0 Å². The summed E-state index contributed by atoms with van der Waals surface area (Å²) in [4.78, 5) is 19.1. The van der Waals surface area contributed by atoms with Gasteiger partial charge in [0.2, 0.25) is 6.79 Å². The molecule has 0 atom stereocenters. The van der Waals surface area contributed by atoms with Gasteiger partial charge in [-0.3, -0.25) is 4.79 Å². The van der Waals surface area contributed by atoms with E-state index in [0.29, 0.717) is 22.7 Å². The third-order valence-electron chi connectivity index (χ3n) is 3.95. The number of amides is 1. The molecule has 1 aliphatic heterocycles. The standard InChI is InChI=1S/C19H23N3O3/c1-3-9-22(10-4-2)18-8-5-14(12-20-18)19(23)21-15-6-7-16-17(11-15)25-13-24-16/h5-8,11-12H,3-4,9-10,13H2,1-2H3,(H,21,23). The number of ether oxygens (including phenoxy) is 2.